The minimum Gasteiger partial charge on any atom is -0.495 e. The summed E-state index contributed by atoms with van der Waals surface area (Å²) in [4.78, 5) is 14.5. The summed E-state index contributed by atoms with van der Waals surface area (Å²) in [5.74, 6) is -0.663. The number of anilines is 1. The summed E-state index contributed by atoms with van der Waals surface area (Å²) in [5, 5.41) is 0. The molecule has 3 rings (SSSR count). The number of carbonyl (C=O) groups excluding carboxylic acids is 1. The van der Waals surface area contributed by atoms with Crippen molar-refractivity contribution in [1.29, 1.82) is 0 Å². The van der Waals surface area contributed by atoms with Crippen LogP contribution in [0, 0.1) is 12.7 Å². The molecular weight excluding hydrogens is 407 g/mol. The Labute approximate surface area is 177 Å². The van der Waals surface area contributed by atoms with Crippen molar-refractivity contribution >= 4 is 21.6 Å². The summed E-state index contributed by atoms with van der Waals surface area (Å²) < 4.78 is 46.8. The van der Waals surface area contributed by atoms with E-state index in [1.165, 1.54) is 10.4 Å². The molecule has 6 nitrogen and oxygen atoms in total. The van der Waals surface area contributed by atoms with Gasteiger partial charge in [0.25, 0.3) is 5.91 Å². The number of amides is 1. The van der Waals surface area contributed by atoms with Crippen LogP contribution in [-0.2, 0) is 16.4 Å². The number of sulfonamides is 1. The predicted octanol–water partition coefficient (Wildman–Crippen LogP) is 3.77. The number of carbonyl (C=O) groups is 1. The third kappa shape index (κ3) is 3.81. The molecule has 2 aromatic rings. The van der Waals surface area contributed by atoms with Gasteiger partial charge in [-0.15, -0.1) is 0 Å². The smallest absolute Gasteiger partial charge is 0.258 e. The first-order valence-electron chi connectivity index (χ1n) is 10.0. The van der Waals surface area contributed by atoms with Gasteiger partial charge < -0.3 is 9.64 Å². The van der Waals surface area contributed by atoms with Crippen molar-refractivity contribution in [2.45, 2.75) is 38.5 Å². The van der Waals surface area contributed by atoms with Gasteiger partial charge in [-0.2, -0.15) is 4.31 Å². The van der Waals surface area contributed by atoms with E-state index in [4.69, 9.17) is 4.74 Å². The first kappa shape index (κ1) is 22.2. The van der Waals surface area contributed by atoms with Gasteiger partial charge >= 0.3 is 0 Å². The number of hydrogen-bond donors (Lipinski definition) is 0. The number of methoxy groups -OCH3 is 1. The minimum atomic E-state index is -4.04. The molecule has 0 unspecified atom stereocenters. The van der Waals surface area contributed by atoms with Gasteiger partial charge in [-0.1, -0.05) is 19.9 Å². The summed E-state index contributed by atoms with van der Waals surface area (Å²) in [7, 11) is -2.49. The highest BCUT2D eigenvalue weighted by molar-refractivity contribution is 7.89. The van der Waals surface area contributed by atoms with E-state index in [1.807, 2.05) is 19.1 Å². The molecule has 1 aliphatic rings. The molecule has 0 fully saturated rings. The maximum atomic E-state index is 14.5. The number of aryl methyl sites for hydroxylation is 1. The number of benzene rings is 2. The zero-order chi connectivity index (χ0) is 22.1. The van der Waals surface area contributed by atoms with Crippen molar-refractivity contribution in [3.8, 4) is 5.75 Å². The number of rotatable bonds is 6. The van der Waals surface area contributed by atoms with E-state index >= 15 is 0 Å². The molecule has 0 saturated carbocycles. The summed E-state index contributed by atoms with van der Waals surface area (Å²) >= 11 is 0. The fourth-order valence-corrected chi connectivity index (χ4v) is 5.46. The molecule has 0 aliphatic carbocycles. The van der Waals surface area contributed by atoms with E-state index in [2.05, 4.69) is 0 Å². The molecule has 0 bridgehead atoms. The summed E-state index contributed by atoms with van der Waals surface area (Å²) in [6.07, 6.45) is 1.60. The third-order valence-electron chi connectivity index (χ3n) is 5.52. The maximum Gasteiger partial charge on any atom is 0.258 e. The molecule has 1 heterocycles. The second kappa shape index (κ2) is 8.73. The molecule has 1 amide bonds. The summed E-state index contributed by atoms with van der Waals surface area (Å²) in [5.41, 5.74) is 2.92. The first-order valence-corrected chi connectivity index (χ1v) is 11.5. The fourth-order valence-electron chi connectivity index (χ4n) is 3.91. The molecule has 0 radical (unpaired) electrons. The van der Waals surface area contributed by atoms with Crippen LogP contribution >= 0.6 is 0 Å². The zero-order valence-corrected chi connectivity index (χ0v) is 18.6. The second-order valence-corrected chi connectivity index (χ2v) is 9.11. The lowest BCUT2D eigenvalue weighted by Crippen LogP contribution is -2.36. The molecule has 0 N–H and O–H groups in total. The lowest BCUT2D eigenvalue weighted by molar-refractivity contribution is 0.0984. The Morgan fingerprint density at radius 1 is 1.20 bits per heavy atom. The third-order valence-corrected chi connectivity index (χ3v) is 7.59. The Morgan fingerprint density at radius 3 is 2.53 bits per heavy atom. The monoisotopic (exact) mass is 434 g/mol. The van der Waals surface area contributed by atoms with E-state index in [9.17, 15) is 17.6 Å². The second-order valence-electron chi connectivity index (χ2n) is 7.21. The van der Waals surface area contributed by atoms with Gasteiger partial charge in [-0.05, 0) is 55.2 Å². The number of fused-ring (bicyclic) bond motifs is 1. The first-order chi connectivity index (χ1) is 14.3. The van der Waals surface area contributed by atoms with E-state index in [1.54, 1.807) is 25.9 Å². The van der Waals surface area contributed by atoms with Crippen molar-refractivity contribution in [2.24, 2.45) is 0 Å². The molecule has 0 aromatic heterocycles. The lowest BCUT2D eigenvalue weighted by Gasteiger charge is -2.32. The fraction of sp³-hybridized carbons (Fsp3) is 0.409. The summed E-state index contributed by atoms with van der Waals surface area (Å²) in [6.45, 7) is 6.26. The van der Waals surface area contributed by atoms with Gasteiger partial charge in [0, 0.05) is 25.2 Å². The Hall–Kier alpha value is -2.45. The van der Waals surface area contributed by atoms with Gasteiger partial charge in [0.1, 0.15) is 16.5 Å². The average Bonchev–Trinajstić information content (AvgIpc) is 2.74. The number of halogens is 1. The highest BCUT2D eigenvalue weighted by Gasteiger charge is 2.31. The molecule has 0 atom stereocenters. The molecular formula is C22H27FN2O4S. The molecule has 8 heteroatoms. The van der Waals surface area contributed by atoms with E-state index < -0.39 is 20.7 Å². The van der Waals surface area contributed by atoms with Crippen molar-refractivity contribution in [3.05, 3.63) is 52.8 Å². The van der Waals surface area contributed by atoms with Crippen molar-refractivity contribution < 1.29 is 22.3 Å². The Kier molecular flexibility index (Phi) is 6.47. The van der Waals surface area contributed by atoms with Crippen LogP contribution in [-0.4, -0.2) is 45.4 Å². The van der Waals surface area contributed by atoms with Crippen LogP contribution in [0.4, 0.5) is 10.1 Å². The SMILES string of the molecule is CCN(CC)S(=O)(=O)c1cc(C(=O)N2CCCc3c(C)ccc(OC)c32)ccc1F. The van der Waals surface area contributed by atoms with Gasteiger partial charge in [-0.25, -0.2) is 12.8 Å². The van der Waals surface area contributed by atoms with Crippen LogP contribution < -0.4 is 9.64 Å². The van der Waals surface area contributed by atoms with Gasteiger partial charge in [0.15, 0.2) is 0 Å². The zero-order valence-electron chi connectivity index (χ0n) is 17.7. The highest BCUT2D eigenvalue weighted by Crippen LogP contribution is 2.39. The topological polar surface area (TPSA) is 66.9 Å². The standard InChI is InChI=1S/C22H27FN2O4S/c1-5-24(6-2)30(27,28)20-14-16(10-11-18(20)23)22(26)25-13-7-8-17-15(3)9-12-19(29-4)21(17)25/h9-12,14H,5-8,13H2,1-4H3. The van der Waals surface area contributed by atoms with E-state index in [0.717, 1.165) is 36.1 Å². The average molecular weight is 435 g/mol. The molecule has 0 saturated heterocycles. The van der Waals surface area contributed by atoms with E-state index in [-0.39, 0.29) is 24.6 Å². The van der Waals surface area contributed by atoms with Crippen LogP contribution in [0.1, 0.15) is 41.8 Å². The van der Waals surface area contributed by atoms with Crippen LogP contribution in [0.5, 0.6) is 5.75 Å². The molecule has 1 aliphatic heterocycles. The highest BCUT2D eigenvalue weighted by atomic mass is 32.2. The largest absolute Gasteiger partial charge is 0.495 e. The Morgan fingerprint density at radius 2 is 1.90 bits per heavy atom. The Bertz CT molecular complexity index is 1070. The van der Waals surface area contributed by atoms with Gasteiger partial charge in [0.2, 0.25) is 10.0 Å². The number of ether oxygens (including phenoxy) is 1. The van der Waals surface area contributed by atoms with Crippen LogP contribution in [0.15, 0.2) is 35.2 Å². The van der Waals surface area contributed by atoms with Crippen LogP contribution in [0.3, 0.4) is 0 Å². The van der Waals surface area contributed by atoms with Gasteiger partial charge in [0.05, 0.1) is 12.8 Å². The normalized spacial score (nSPS) is 14.0. The van der Waals surface area contributed by atoms with E-state index in [0.29, 0.717) is 18.0 Å². The predicted molar refractivity (Wildman–Crippen MR) is 114 cm³/mol. The van der Waals surface area contributed by atoms with Crippen LogP contribution in [0.2, 0.25) is 0 Å². The molecule has 2 aromatic carbocycles. The summed E-state index contributed by atoms with van der Waals surface area (Å²) in [6, 6.07) is 7.29. The maximum absolute atomic E-state index is 14.5. The van der Waals surface area contributed by atoms with Crippen molar-refractivity contribution in [1.82, 2.24) is 4.31 Å². The lowest BCUT2D eigenvalue weighted by atomic mass is 9.95. The van der Waals surface area contributed by atoms with Crippen molar-refractivity contribution in [2.75, 3.05) is 31.6 Å². The van der Waals surface area contributed by atoms with Crippen molar-refractivity contribution in [3.63, 3.8) is 0 Å². The molecule has 0 spiro atoms. The number of nitrogens with zero attached hydrogens (tertiary/aromatic N) is 2. The molecule has 162 valence electrons. The van der Waals surface area contributed by atoms with Crippen LogP contribution in [0.25, 0.3) is 0 Å². The quantitative estimate of drug-likeness (QED) is 0.694. The number of hydrogen-bond acceptors (Lipinski definition) is 4. The van der Waals surface area contributed by atoms with Gasteiger partial charge in [-0.3, -0.25) is 4.79 Å². The minimum absolute atomic E-state index is 0.124. The molecule has 30 heavy (non-hydrogen) atoms. The Balaban J connectivity index is 2.08.